The van der Waals surface area contributed by atoms with Gasteiger partial charge in [-0.15, -0.1) is 12.4 Å². The van der Waals surface area contributed by atoms with Crippen molar-refractivity contribution in [2.75, 3.05) is 19.6 Å². The van der Waals surface area contributed by atoms with Crippen molar-refractivity contribution in [3.8, 4) is 5.69 Å². The minimum Gasteiger partial charge on any atom is -0.336 e. The topological polar surface area (TPSA) is 68.0 Å². The highest BCUT2D eigenvalue weighted by molar-refractivity contribution is 5.85. The zero-order valence-electron chi connectivity index (χ0n) is 17.0. The summed E-state index contributed by atoms with van der Waals surface area (Å²) >= 11 is 0. The monoisotopic (exact) mass is 414 g/mol. The van der Waals surface area contributed by atoms with E-state index in [1.807, 2.05) is 71.6 Å². The van der Waals surface area contributed by atoms with Crippen molar-refractivity contribution in [3.63, 3.8) is 0 Å². The predicted octanol–water partition coefficient (Wildman–Crippen LogP) is 2.36. The van der Waals surface area contributed by atoms with Gasteiger partial charge in [0.05, 0.1) is 17.8 Å². The Labute approximate surface area is 177 Å². The number of piperazine rings is 1. The second-order valence-electron chi connectivity index (χ2n) is 7.28. The van der Waals surface area contributed by atoms with Crippen LogP contribution in [0.2, 0.25) is 0 Å². The third-order valence-corrected chi connectivity index (χ3v) is 5.49. The molecule has 1 N–H and O–H groups in total. The van der Waals surface area contributed by atoms with Crippen molar-refractivity contribution in [2.24, 2.45) is 7.05 Å². The van der Waals surface area contributed by atoms with Gasteiger partial charge in [0.1, 0.15) is 11.9 Å². The molecule has 8 heteroatoms. The highest BCUT2D eigenvalue weighted by Gasteiger charge is 2.31. The molecule has 154 valence electrons. The van der Waals surface area contributed by atoms with Crippen LogP contribution < -0.4 is 5.32 Å². The lowest BCUT2D eigenvalue weighted by Crippen LogP contribution is -2.50. The fraction of sp³-hybridized carbons (Fsp3) is 0.381. The molecule has 1 unspecified atom stereocenters. The summed E-state index contributed by atoms with van der Waals surface area (Å²) in [5.74, 6) is 1.03. The summed E-state index contributed by atoms with van der Waals surface area (Å²) in [7, 11) is 1.97. The molecule has 3 heterocycles. The third kappa shape index (κ3) is 4.06. The number of nitrogens with zero attached hydrogens (tertiary/aromatic N) is 5. The van der Waals surface area contributed by atoms with Crippen LogP contribution in [0, 0.1) is 13.8 Å². The number of aryl methyl sites for hydroxylation is 2. The van der Waals surface area contributed by atoms with E-state index in [-0.39, 0.29) is 24.4 Å². The quantitative estimate of drug-likeness (QED) is 0.711. The molecule has 7 nitrogen and oxygen atoms in total. The number of halogens is 1. The Balaban J connectivity index is 0.00000240. The maximum atomic E-state index is 13.3. The summed E-state index contributed by atoms with van der Waals surface area (Å²) in [4.78, 5) is 19.7. The molecule has 0 spiro atoms. The van der Waals surface area contributed by atoms with E-state index in [0.717, 1.165) is 41.6 Å². The van der Waals surface area contributed by atoms with Crippen molar-refractivity contribution in [2.45, 2.75) is 26.3 Å². The Morgan fingerprint density at radius 2 is 2.00 bits per heavy atom. The highest BCUT2D eigenvalue weighted by Crippen LogP contribution is 2.24. The Hall–Kier alpha value is -2.64. The van der Waals surface area contributed by atoms with Crippen molar-refractivity contribution in [1.29, 1.82) is 0 Å². The van der Waals surface area contributed by atoms with E-state index < -0.39 is 0 Å². The van der Waals surface area contributed by atoms with Gasteiger partial charge in [-0.3, -0.25) is 4.79 Å². The summed E-state index contributed by atoms with van der Waals surface area (Å²) in [6, 6.07) is 9.98. The van der Waals surface area contributed by atoms with Crippen LogP contribution in [0.15, 0.2) is 42.7 Å². The number of nitrogens with one attached hydrogen (secondary N) is 1. The van der Waals surface area contributed by atoms with Crippen LogP contribution in [0.3, 0.4) is 0 Å². The van der Waals surface area contributed by atoms with Crippen molar-refractivity contribution in [1.82, 2.24) is 29.5 Å². The first-order valence-corrected chi connectivity index (χ1v) is 9.64. The minimum absolute atomic E-state index is 0. The first kappa shape index (κ1) is 21.1. The highest BCUT2D eigenvalue weighted by atomic mass is 35.5. The number of hydrogen-bond donors (Lipinski definition) is 1. The molecule has 1 aliphatic rings. The lowest BCUT2D eigenvalue weighted by Gasteiger charge is -2.36. The summed E-state index contributed by atoms with van der Waals surface area (Å²) in [5, 5.41) is 8.06. The van der Waals surface area contributed by atoms with Crippen molar-refractivity contribution < 1.29 is 4.79 Å². The van der Waals surface area contributed by atoms with Gasteiger partial charge in [0.15, 0.2) is 0 Å². The number of aromatic nitrogens is 4. The fourth-order valence-electron chi connectivity index (χ4n) is 3.94. The van der Waals surface area contributed by atoms with E-state index in [2.05, 4.69) is 15.4 Å². The molecule has 2 aromatic heterocycles. The fourth-order valence-corrected chi connectivity index (χ4v) is 3.94. The molecule has 0 saturated carbocycles. The van der Waals surface area contributed by atoms with Gasteiger partial charge in [0, 0.05) is 50.3 Å². The first-order chi connectivity index (χ1) is 13.6. The summed E-state index contributed by atoms with van der Waals surface area (Å²) in [6.45, 7) is 6.21. The zero-order valence-corrected chi connectivity index (χ0v) is 17.8. The van der Waals surface area contributed by atoms with E-state index in [9.17, 15) is 4.79 Å². The average molecular weight is 415 g/mol. The molecule has 0 bridgehead atoms. The second kappa shape index (κ2) is 8.80. The number of hydrogen-bond acceptors (Lipinski definition) is 4. The number of carbonyl (C=O) groups excluding carboxylic acids is 1. The minimum atomic E-state index is -0.0500. The molecular weight excluding hydrogens is 388 g/mol. The van der Waals surface area contributed by atoms with Gasteiger partial charge in [-0.1, -0.05) is 18.2 Å². The predicted molar refractivity (Wildman–Crippen MR) is 115 cm³/mol. The van der Waals surface area contributed by atoms with Crippen LogP contribution in [-0.2, 0) is 18.3 Å². The van der Waals surface area contributed by atoms with Gasteiger partial charge < -0.3 is 14.8 Å². The number of benzene rings is 1. The standard InChI is InChI=1S/C21H26N6O.ClH/c1-15-18(16(2)27(24-15)17-7-5-4-6-8-17)13-20(28)26-12-9-22-14-19(26)21-23-10-11-25(21)3;/h4-8,10-11,19,22H,9,12-14H2,1-3H3;1H. The molecule has 0 radical (unpaired) electrons. The molecule has 1 amide bonds. The van der Waals surface area contributed by atoms with Crippen LogP contribution in [-0.4, -0.2) is 49.8 Å². The molecule has 29 heavy (non-hydrogen) atoms. The molecule has 1 saturated heterocycles. The van der Waals surface area contributed by atoms with Crippen LogP contribution in [0.4, 0.5) is 0 Å². The molecule has 1 atom stereocenters. The Morgan fingerprint density at radius 1 is 1.24 bits per heavy atom. The number of rotatable bonds is 4. The van der Waals surface area contributed by atoms with Gasteiger partial charge in [0.2, 0.25) is 5.91 Å². The number of imidazole rings is 1. The molecule has 4 rings (SSSR count). The number of para-hydroxylation sites is 1. The van der Waals surface area contributed by atoms with Crippen molar-refractivity contribution in [3.05, 3.63) is 65.5 Å². The first-order valence-electron chi connectivity index (χ1n) is 9.64. The molecule has 3 aromatic rings. The normalized spacial score (nSPS) is 16.5. The molecule has 1 aromatic carbocycles. The van der Waals surface area contributed by atoms with Crippen LogP contribution in [0.25, 0.3) is 5.69 Å². The van der Waals surface area contributed by atoms with E-state index in [1.54, 1.807) is 6.20 Å². The molecule has 1 fully saturated rings. The zero-order chi connectivity index (χ0) is 19.7. The molecule has 1 aliphatic heterocycles. The summed E-state index contributed by atoms with van der Waals surface area (Å²) < 4.78 is 3.91. The van der Waals surface area contributed by atoms with Crippen LogP contribution >= 0.6 is 12.4 Å². The van der Waals surface area contributed by atoms with E-state index in [1.165, 1.54) is 0 Å². The molecule has 0 aliphatic carbocycles. The van der Waals surface area contributed by atoms with Gasteiger partial charge in [-0.2, -0.15) is 5.10 Å². The van der Waals surface area contributed by atoms with E-state index in [0.29, 0.717) is 13.0 Å². The largest absolute Gasteiger partial charge is 0.336 e. The lowest BCUT2D eigenvalue weighted by molar-refractivity contribution is -0.134. The van der Waals surface area contributed by atoms with Crippen LogP contribution in [0.1, 0.15) is 28.8 Å². The third-order valence-electron chi connectivity index (χ3n) is 5.49. The Kier molecular flexibility index (Phi) is 6.39. The van der Waals surface area contributed by atoms with E-state index >= 15 is 0 Å². The lowest BCUT2D eigenvalue weighted by atomic mass is 10.1. The Bertz CT molecular complexity index is 980. The van der Waals surface area contributed by atoms with Gasteiger partial charge in [-0.05, 0) is 26.0 Å². The maximum Gasteiger partial charge on any atom is 0.227 e. The summed E-state index contributed by atoms with van der Waals surface area (Å²) in [6.07, 6.45) is 4.06. The van der Waals surface area contributed by atoms with Gasteiger partial charge in [0.25, 0.3) is 0 Å². The van der Waals surface area contributed by atoms with Crippen molar-refractivity contribution >= 4 is 18.3 Å². The average Bonchev–Trinajstić information content (AvgIpc) is 3.26. The smallest absolute Gasteiger partial charge is 0.227 e. The van der Waals surface area contributed by atoms with E-state index in [4.69, 9.17) is 0 Å². The number of carbonyl (C=O) groups is 1. The maximum absolute atomic E-state index is 13.3. The summed E-state index contributed by atoms with van der Waals surface area (Å²) in [5.41, 5.74) is 3.93. The van der Waals surface area contributed by atoms with Gasteiger partial charge in [-0.25, -0.2) is 9.67 Å². The number of amides is 1. The van der Waals surface area contributed by atoms with Gasteiger partial charge >= 0.3 is 0 Å². The molecular formula is C21H27ClN6O. The SMILES string of the molecule is Cc1nn(-c2ccccc2)c(C)c1CC(=O)N1CCNCC1c1nccn1C.Cl. The van der Waals surface area contributed by atoms with Crippen LogP contribution in [0.5, 0.6) is 0 Å². The Morgan fingerprint density at radius 3 is 2.69 bits per heavy atom. The second-order valence-corrected chi connectivity index (χ2v) is 7.28.